The molecule has 2 amide bonds. The Labute approximate surface area is 181 Å². The molecular formula is C22H19FN4O3S. The molecule has 5 rings (SSSR count). The summed E-state index contributed by atoms with van der Waals surface area (Å²) in [5, 5.41) is 4.93. The van der Waals surface area contributed by atoms with Crippen LogP contribution in [0.1, 0.15) is 23.2 Å². The van der Waals surface area contributed by atoms with Gasteiger partial charge in [0, 0.05) is 36.1 Å². The maximum absolute atomic E-state index is 13.4. The van der Waals surface area contributed by atoms with Crippen molar-refractivity contribution in [2.75, 3.05) is 18.4 Å². The molecule has 9 heteroatoms. The molecule has 0 aliphatic carbocycles. The first-order chi connectivity index (χ1) is 15.1. The molecule has 0 atom stereocenters. The van der Waals surface area contributed by atoms with Crippen molar-refractivity contribution >= 4 is 33.9 Å². The number of carbonyl (C=O) groups is 2. The summed E-state index contributed by atoms with van der Waals surface area (Å²) in [5.41, 5.74) is 1.85. The molecule has 1 aromatic carbocycles. The number of carbonyl (C=O) groups excluding carboxylic acids is 2. The Balaban J connectivity index is 1.32. The van der Waals surface area contributed by atoms with Gasteiger partial charge in [0.15, 0.2) is 4.96 Å². The van der Waals surface area contributed by atoms with Gasteiger partial charge in [-0.25, -0.2) is 9.37 Å². The molecule has 158 valence electrons. The van der Waals surface area contributed by atoms with Gasteiger partial charge in [-0.2, -0.15) is 0 Å². The molecule has 1 fully saturated rings. The van der Waals surface area contributed by atoms with E-state index in [0.717, 1.165) is 10.5 Å². The van der Waals surface area contributed by atoms with Crippen LogP contribution in [0.5, 0.6) is 0 Å². The second kappa shape index (κ2) is 7.99. The summed E-state index contributed by atoms with van der Waals surface area (Å²) in [4.78, 5) is 32.6. The predicted molar refractivity (Wildman–Crippen MR) is 114 cm³/mol. The minimum atomic E-state index is -0.327. The van der Waals surface area contributed by atoms with Crippen LogP contribution in [0.2, 0.25) is 0 Å². The smallest absolute Gasteiger partial charge is 0.257 e. The van der Waals surface area contributed by atoms with Gasteiger partial charge in [0.25, 0.3) is 5.91 Å². The Morgan fingerprint density at radius 3 is 2.65 bits per heavy atom. The average Bonchev–Trinajstić information content (AvgIpc) is 3.53. The summed E-state index contributed by atoms with van der Waals surface area (Å²) in [6, 6.07) is 7.70. The largest absolute Gasteiger partial charge is 0.472 e. The van der Waals surface area contributed by atoms with E-state index in [1.807, 2.05) is 16.0 Å². The van der Waals surface area contributed by atoms with Gasteiger partial charge in [0.05, 0.1) is 11.8 Å². The number of thiazole rings is 1. The molecule has 31 heavy (non-hydrogen) atoms. The van der Waals surface area contributed by atoms with Crippen molar-refractivity contribution in [3.63, 3.8) is 0 Å². The fourth-order valence-electron chi connectivity index (χ4n) is 3.85. The Hall–Kier alpha value is -3.46. The number of nitrogens with zero attached hydrogens (tertiary/aromatic N) is 3. The monoisotopic (exact) mass is 438 g/mol. The van der Waals surface area contributed by atoms with E-state index in [2.05, 4.69) is 10.3 Å². The highest BCUT2D eigenvalue weighted by Gasteiger charge is 2.29. The molecule has 0 radical (unpaired) electrons. The van der Waals surface area contributed by atoms with Crippen LogP contribution in [0.3, 0.4) is 0 Å². The minimum absolute atomic E-state index is 0.0815. The standard InChI is InChI=1S/C22H19FN4O3S/c23-17-3-1-14(2-4-17)18-19(27-10-12-31-22(27)24-18)25-20(28)15-5-8-26(9-6-15)21(29)16-7-11-30-13-16/h1-4,7,10-13,15H,5-6,8-9H2,(H,25,28). The van der Waals surface area contributed by atoms with Gasteiger partial charge in [0.1, 0.15) is 23.6 Å². The number of imidazole rings is 1. The van der Waals surface area contributed by atoms with E-state index in [4.69, 9.17) is 4.42 Å². The summed E-state index contributed by atoms with van der Waals surface area (Å²) in [5.74, 6) is -0.149. The van der Waals surface area contributed by atoms with E-state index in [9.17, 15) is 14.0 Å². The SMILES string of the molecule is O=C(Nc1c(-c2ccc(F)cc2)nc2sccn12)C1CCN(C(=O)c2ccoc2)CC1. The van der Waals surface area contributed by atoms with E-state index < -0.39 is 0 Å². The number of fused-ring (bicyclic) bond motifs is 1. The van der Waals surface area contributed by atoms with Crippen molar-refractivity contribution < 1.29 is 18.4 Å². The van der Waals surface area contributed by atoms with Crippen molar-refractivity contribution in [2.24, 2.45) is 5.92 Å². The number of anilines is 1. The fourth-order valence-corrected chi connectivity index (χ4v) is 4.56. The number of rotatable bonds is 4. The zero-order chi connectivity index (χ0) is 21.4. The van der Waals surface area contributed by atoms with Gasteiger partial charge in [-0.15, -0.1) is 11.3 Å². The zero-order valence-electron chi connectivity index (χ0n) is 16.5. The predicted octanol–water partition coefficient (Wildman–Crippen LogP) is 4.29. The molecule has 3 aromatic heterocycles. The van der Waals surface area contributed by atoms with Crippen molar-refractivity contribution in [1.29, 1.82) is 0 Å². The minimum Gasteiger partial charge on any atom is -0.472 e. The van der Waals surface area contributed by atoms with Crippen LogP contribution in [0, 0.1) is 11.7 Å². The Morgan fingerprint density at radius 1 is 1.16 bits per heavy atom. The molecule has 0 spiro atoms. The molecule has 7 nitrogen and oxygen atoms in total. The van der Waals surface area contributed by atoms with Crippen LogP contribution < -0.4 is 5.32 Å². The van der Waals surface area contributed by atoms with Crippen LogP contribution in [-0.4, -0.2) is 39.2 Å². The average molecular weight is 438 g/mol. The van der Waals surface area contributed by atoms with Gasteiger partial charge in [-0.1, -0.05) is 0 Å². The summed E-state index contributed by atoms with van der Waals surface area (Å²) in [6.07, 6.45) is 5.91. The van der Waals surface area contributed by atoms with E-state index in [1.165, 1.54) is 36.0 Å². The molecule has 1 aliphatic rings. The Bertz CT molecular complexity index is 1220. The number of nitrogens with one attached hydrogen (secondary N) is 1. The first kappa shape index (κ1) is 19.5. The number of piperidine rings is 1. The van der Waals surface area contributed by atoms with Crippen LogP contribution in [-0.2, 0) is 4.79 Å². The molecule has 4 heterocycles. The topological polar surface area (TPSA) is 79.9 Å². The lowest BCUT2D eigenvalue weighted by molar-refractivity contribution is -0.121. The molecule has 0 bridgehead atoms. The molecule has 4 aromatic rings. The number of benzene rings is 1. The quantitative estimate of drug-likeness (QED) is 0.516. The third-order valence-electron chi connectivity index (χ3n) is 5.54. The van der Waals surface area contributed by atoms with Gasteiger partial charge in [-0.05, 0) is 43.2 Å². The van der Waals surface area contributed by atoms with Crippen LogP contribution in [0.15, 0.2) is 58.9 Å². The number of hydrogen-bond donors (Lipinski definition) is 1. The molecular weight excluding hydrogens is 419 g/mol. The highest BCUT2D eigenvalue weighted by Crippen LogP contribution is 2.32. The highest BCUT2D eigenvalue weighted by molar-refractivity contribution is 7.15. The first-order valence-electron chi connectivity index (χ1n) is 9.94. The lowest BCUT2D eigenvalue weighted by Gasteiger charge is -2.31. The second-order valence-corrected chi connectivity index (χ2v) is 8.31. The molecule has 1 aliphatic heterocycles. The summed E-state index contributed by atoms with van der Waals surface area (Å²) in [7, 11) is 0. The number of furan rings is 1. The van der Waals surface area contributed by atoms with Crippen molar-refractivity contribution in [3.05, 3.63) is 65.8 Å². The highest BCUT2D eigenvalue weighted by atomic mass is 32.1. The van der Waals surface area contributed by atoms with Gasteiger partial charge in [-0.3, -0.25) is 14.0 Å². The van der Waals surface area contributed by atoms with Crippen molar-refractivity contribution in [2.45, 2.75) is 12.8 Å². The molecule has 1 N–H and O–H groups in total. The van der Waals surface area contributed by atoms with Gasteiger partial charge >= 0.3 is 0 Å². The normalized spacial score (nSPS) is 14.8. The first-order valence-corrected chi connectivity index (χ1v) is 10.8. The number of likely N-dealkylation sites (tertiary alicyclic amines) is 1. The Morgan fingerprint density at radius 2 is 1.94 bits per heavy atom. The number of amides is 2. The number of hydrogen-bond acceptors (Lipinski definition) is 5. The number of halogens is 1. The summed E-state index contributed by atoms with van der Waals surface area (Å²) < 4.78 is 20.2. The third kappa shape index (κ3) is 3.72. The molecule has 0 saturated carbocycles. The summed E-state index contributed by atoms with van der Waals surface area (Å²) >= 11 is 1.46. The van der Waals surface area contributed by atoms with E-state index in [-0.39, 0.29) is 23.5 Å². The van der Waals surface area contributed by atoms with Crippen molar-refractivity contribution in [1.82, 2.24) is 14.3 Å². The number of aromatic nitrogens is 2. The third-order valence-corrected chi connectivity index (χ3v) is 6.30. The van der Waals surface area contributed by atoms with Crippen LogP contribution >= 0.6 is 11.3 Å². The van der Waals surface area contributed by atoms with Crippen LogP contribution in [0.25, 0.3) is 16.2 Å². The van der Waals surface area contributed by atoms with Gasteiger partial charge < -0.3 is 14.6 Å². The lowest BCUT2D eigenvalue weighted by Crippen LogP contribution is -2.41. The van der Waals surface area contributed by atoms with E-state index in [0.29, 0.717) is 43.0 Å². The van der Waals surface area contributed by atoms with Crippen LogP contribution in [0.4, 0.5) is 10.2 Å². The molecule has 0 unspecified atom stereocenters. The van der Waals surface area contributed by atoms with E-state index in [1.54, 1.807) is 23.1 Å². The molecule has 1 saturated heterocycles. The maximum Gasteiger partial charge on any atom is 0.257 e. The van der Waals surface area contributed by atoms with Crippen molar-refractivity contribution in [3.8, 4) is 11.3 Å². The summed E-state index contributed by atoms with van der Waals surface area (Å²) in [6.45, 7) is 1.01. The lowest BCUT2D eigenvalue weighted by atomic mass is 9.95. The maximum atomic E-state index is 13.4. The Kier molecular flexibility index (Phi) is 5.03. The second-order valence-electron chi connectivity index (χ2n) is 7.44. The van der Waals surface area contributed by atoms with E-state index >= 15 is 0 Å². The van der Waals surface area contributed by atoms with Gasteiger partial charge in [0.2, 0.25) is 5.91 Å². The fraction of sp³-hybridized carbons (Fsp3) is 0.227. The zero-order valence-corrected chi connectivity index (χ0v) is 17.3.